The number of nitrogen functional groups attached to an aromatic ring is 1. The molecule has 0 saturated carbocycles. The fourth-order valence-electron chi connectivity index (χ4n) is 1.76. The second-order valence-electron chi connectivity index (χ2n) is 4.31. The molecule has 0 saturated heterocycles. The van der Waals surface area contributed by atoms with E-state index in [1.54, 1.807) is 36.6 Å². The van der Waals surface area contributed by atoms with Crippen molar-refractivity contribution < 1.29 is 9.53 Å². The third-order valence-electron chi connectivity index (χ3n) is 2.94. The molecule has 0 aliphatic heterocycles. The molecule has 0 aliphatic carbocycles. The topological polar surface area (TPSA) is 65.2 Å². The molecular weight excluding hydrogens is 260 g/mol. The van der Waals surface area contributed by atoms with Gasteiger partial charge in [0, 0.05) is 10.4 Å². The molecule has 0 unspecified atom stereocenters. The molecule has 100 valence electrons. The number of hydrogen-bond donors (Lipinski definition) is 1. The molecule has 0 amide bonds. The normalized spacial score (nSPS) is 10.5. The predicted molar refractivity (Wildman–Crippen MR) is 77.0 cm³/mol. The van der Waals surface area contributed by atoms with Crippen LogP contribution in [0.15, 0.2) is 18.2 Å². The van der Waals surface area contributed by atoms with Crippen molar-refractivity contribution in [2.45, 2.75) is 20.3 Å². The van der Waals surface area contributed by atoms with Gasteiger partial charge in [-0.1, -0.05) is 0 Å². The lowest BCUT2D eigenvalue weighted by molar-refractivity contribution is 0.0993. The maximum atomic E-state index is 12.2. The van der Waals surface area contributed by atoms with Crippen molar-refractivity contribution in [2.75, 3.05) is 12.8 Å². The van der Waals surface area contributed by atoms with Crippen molar-refractivity contribution in [3.05, 3.63) is 39.3 Å². The number of benzene rings is 1. The number of carbonyl (C=O) groups excluding carboxylic acids is 1. The average molecular weight is 276 g/mol. The monoisotopic (exact) mass is 276 g/mol. The van der Waals surface area contributed by atoms with Gasteiger partial charge in [0.25, 0.3) is 0 Å². The van der Waals surface area contributed by atoms with E-state index >= 15 is 0 Å². The Labute approximate surface area is 116 Å². The molecule has 0 spiro atoms. The van der Waals surface area contributed by atoms with Crippen LogP contribution in [0.2, 0.25) is 0 Å². The second kappa shape index (κ2) is 5.40. The summed E-state index contributed by atoms with van der Waals surface area (Å²) in [6, 6.07) is 5.08. The van der Waals surface area contributed by atoms with Crippen LogP contribution in [0.4, 0.5) is 5.69 Å². The summed E-state index contributed by atoms with van der Waals surface area (Å²) in [5, 5.41) is 0.842. The number of aryl methyl sites for hydroxylation is 2. The lowest BCUT2D eigenvalue weighted by Gasteiger charge is -2.05. The highest BCUT2D eigenvalue weighted by Crippen LogP contribution is 2.23. The minimum Gasteiger partial charge on any atom is -0.495 e. The van der Waals surface area contributed by atoms with Crippen LogP contribution in [0, 0.1) is 13.8 Å². The number of anilines is 1. The van der Waals surface area contributed by atoms with Gasteiger partial charge in [0.15, 0.2) is 5.78 Å². The van der Waals surface area contributed by atoms with E-state index in [2.05, 4.69) is 4.98 Å². The number of nitrogens with two attached hydrogens (primary N) is 1. The molecule has 0 atom stereocenters. The van der Waals surface area contributed by atoms with Gasteiger partial charge in [-0.05, 0) is 32.0 Å². The number of aromatic nitrogens is 1. The van der Waals surface area contributed by atoms with Crippen LogP contribution >= 0.6 is 11.3 Å². The average Bonchev–Trinajstić information content (AvgIpc) is 2.68. The fourth-order valence-corrected chi connectivity index (χ4v) is 2.69. The summed E-state index contributed by atoms with van der Waals surface area (Å²) in [6.07, 6.45) is 0.311. The molecule has 0 aliphatic rings. The number of ether oxygens (including phenoxy) is 1. The van der Waals surface area contributed by atoms with Gasteiger partial charge in [0.2, 0.25) is 0 Å². The molecule has 5 heteroatoms. The first kappa shape index (κ1) is 13.5. The minimum absolute atomic E-state index is 0.0168. The Morgan fingerprint density at radius 1 is 1.42 bits per heavy atom. The van der Waals surface area contributed by atoms with E-state index in [0.717, 1.165) is 15.6 Å². The summed E-state index contributed by atoms with van der Waals surface area (Å²) >= 11 is 1.56. The Bertz CT molecular complexity index is 600. The number of methoxy groups -OCH3 is 1. The molecule has 0 bridgehead atoms. The summed E-state index contributed by atoms with van der Waals surface area (Å²) in [5.41, 5.74) is 7.85. The van der Waals surface area contributed by atoms with Crippen LogP contribution in [0.5, 0.6) is 5.75 Å². The van der Waals surface area contributed by atoms with Gasteiger partial charge in [0.05, 0.1) is 24.9 Å². The lowest BCUT2D eigenvalue weighted by atomic mass is 10.1. The van der Waals surface area contributed by atoms with Crippen molar-refractivity contribution in [3.63, 3.8) is 0 Å². The zero-order chi connectivity index (χ0) is 14.0. The Kier molecular flexibility index (Phi) is 3.85. The molecular formula is C14H16N2O2S. The highest BCUT2D eigenvalue weighted by Gasteiger charge is 2.12. The van der Waals surface area contributed by atoms with Crippen LogP contribution in [-0.2, 0) is 6.42 Å². The second-order valence-corrected chi connectivity index (χ2v) is 5.59. The predicted octanol–water partition coefficient (Wildman–Crippen LogP) is 2.78. The highest BCUT2D eigenvalue weighted by atomic mass is 32.1. The van der Waals surface area contributed by atoms with Gasteiger partial charge < -0.3 is 10.5 Å². The molecule has 0 fully saturated rings. The Balaban J connectivity index is 2.18. The summed E-state index contributed by atoms with van der Waals surface area (Å²) in [5.74, 6) is 0.598. The number of carbonyl (C=O) groups is 1. The van der Waals surface area contributed by atoms with Crippen molar-refractivity contribution >= 4 is 22.8 Å². The van der Waals surface area contributed by atoms with E-state index < -0.39 is 0 Å². The largest absolute Gasteiger partial charge is 0.495 e. The van der Waals surface area contributed by atoms with Gasteiger partial charge >= 0.3 is 0 Å². The van der Waals surface area contributed by atoms with Crippen molar-refractivity contribution in [1.82, 2.24) is 4.98 Å². The van der Waals surface area contributed by atoms with Crippen LogP contribution < -0.4 is 10.5 Å². The number of nitrogens with zero attached hydrogens (tertiary/aromatic N) is 1. The van der Waals surface area contributed by atoms with Crippen LogP contribution in [0.1, 0.15) is 25.9 Å². The van der Waals surface area contributed by atoms with Crippen LogP contribution in [0.25, 0.3) is 0 Å². The SMILES string of the molecule is COc1ccc(C(=O)Cc2nc(C)c(C)s2)cc1N. The number of rotatable bonds is 4. The summed E-state index contributed by atoms with van der Waals surface area (Å²) < 4.78 is 5.07. The van der Waals surface area contributed by atoms with Crippen LogP contribution in [0.3, 0.4) is 0 Å². The molecule has 1 aromatic carbocycles. The first-order valence-corrected chi connectivity index (χ1v) is 6.72. The molecule has 2 N–H and O–H groups in total. The first-order chi connectivity index (χ1) is 9.01. The molecule has 4 nitrogen and oxygen atoms in total. The van der Waals surface area contributed by atoms with E-state index in [1.165, 1.54) is 0 Å². The smallest absolute Gasteiger partial charge is 0.169 e. The molecule has 0 radical (unpaired) electrons. The Morgan fingerprint density at radius 2 is 2.16 bits per heavy atom. The molecule has 19 heavy (non-hydrogen) atoms. The Hall–Kier alpha value is -1.88. The zero-order valence-electron chi connectivity index (χ0n) is 11.2. The summed E-state index contributed by atoms with van der Waals surface area (Å²) in [4.78, 5) is 17.7. The van der Waals surface area contributed by atoms with E-state index in [0.29, 0.717) is 23.4 Å². The standard InChI is InChI=1S/C14H16N2O2S/c1-8-9(2)19-14(16-8)7-12(17)10-4-5-13(18-3)11(15)6-10/h4-6H,7,15H2,1-3H3. The van der Waals surface area contributed by atoms with E-state index in [1.807, 2.05) is 13.8 Å². The number of Topliss-reactive ketones (excluding diaryl/α,β-unsaturated/α-hetero) is 1. The van der Waals surface area contributed by atoms with Crippen LogP contribution in [-0.4, -0.2) is 17.9 Å². The number of hydrogen-bond acceptors (Lipinski definition) is 5. The van der Waals surface area contributed by atoms with Gasteiger partial charge in [-0.3, -0.25) is 4.79 Å². The van der Waals surface area contributed by atoms with Crippen molar-refractivity contribution in [1.29, 1.82) is 0 Å². The highest BCUT2D eigenvalue weighted by molar-refractivity contribution is 7.11. The molecule has 2 rings (SSSR count). The van der Waals surface area contributed by atoms with E-state index in [4.69, 9.17) is 10.5 Å². The maximum absolute atomic E-state index is 12.2. The van der Waals surface area contributed by atoms with Gasteiger partial charge in [-0.2, -0.15) is 0 Å². The van der Waals surface area contributed by atoms with Gasteiger partial charge in [0.1, 0.15) is 10.8 Å². The molecule has 1 heterocycles. The zero-order valence-corrected chi connectivity index (χ0v) is 12.0. The summed E-state index contributed by atoms with van der Waals surface area (Å²) in [6.45, 7) is 3.96. The van der Waals surface area contributed by atoms with Gasteiger partial charge in [-0.15, -0.1) is 11.3 Å². The first-order valence-electron chi connectivity index (χ1n) is 5.91. The summed E-state index contributed by atoms with van der Waals surface area (Å²) in [7, 11) is 1.55. The maximum Gasteiger partial charge on any atom is 0.169 e. The van der Waals surface area contributed by atoms with Gasteiger partial charge in [-0.25, -0.2) is 4.98 Å². The van der Waals surface area contributed by atoms with E-state index in [-0.39, 0.29) is 5.78 Å². The number of thiazole rings is 1. The Morgan fingerprint density at radius 3 is 2.68 bits per heavy atom. The minimum atomic E-state index is 0.0168. The quantitative estimate of drug-likeness (QED) is 0.689. The number of ketones is 1. The molecule has 1 aromatic heterocycles. The fraction of sp³-hybridized carbons (Fsp3) is 0.286. The lowest BCUT2D eigenvalue weighted by Crippen LogP contribution is -2.04. The molecule has 2 aromatic rings. The van der Waals surface area contributed by atoms with Crippen molar-refractivity contribution in [2.24, 2.45) is 0 Å². The third-order valence-corrected chi connectivity index (χ3v) is 4.01. The van der Waals surface area contributed by atoms with E-state index in [9.17, 15) is 4.79 Å². The van der Waals surface area contributed by atoms with Crippen molar-refractivity contribution in [3.8, 4) is 5.75 Å². The third kappa shape index (κ3) is 2.93.